The molecule has 0 bridgehead atoms. The molecule has 0 aliphatic rings. The maximum absolute atomic E-state index is 8.53. The fraction of sp³-hybridized carbons (Fsp3) is 0.149. The molecule has 0 saturated carbocycles. The zero-order valence-electron chi connectivity index (χ0n) is 32.1. The summed E-state index contributed by atoms with van der Waals surface area (Å²) in [5.74, 6) is -0.132. The average molecular weight is 889 g/mol. The maximum atomic E-state index is 8.53. The molecule has 3 heterocycles. The number of hydrogen-bond donors (Lipinski definition) is 0. The first kappa shape index (κ1) is 34.6. The predicted octanol–water partition coefficient (Wildman–Crippen LogP) is 12.5. The number of hydrogen-bond acceptors (Lipinski definition) is 3. The molecule has 0 aliphatic heterocycles. The third-order valence-electron chi connectivity index (χ3n) is 8.84. The molecule has 8 rings (SSSR count). The van der Waals surface area contributed by atoms with E-state index in [0.717, 1.165) is 27.2 Å². The monoisotopic (exact) mass is 889 g/mol. The first-order valence-corrected chi connectivity index (χ1v) is 21.7. The predicted molar refractivity (Wildman–Crippen MR) is 222 cm³/mol. The molecule has 0 atom stereocenters. The molecule has 261 valence electrons. The van der Waals surface area contributed by atoms with Crippen LogP contribution in [0, 0.1) is 18.1 Å². The van der Waals surface area contributed by atoms with Gasteiger partial charge in [0, 0.05) is 39.9 Å². The normalized spacial score (nSPS) is 12.1. The van der Waals surface area contributed by atoms with Gasteiger partial charge in [-0.1, -0.05) is 129 Å². The minimum atomic E-state index is -1.42. The Labute approximate surface area is 329 Å². The van der Waals surface area contributed by atoms with Crippen molar-refractivity contribution in [2.75, 3.05) is 0 Å². The fourth-order valence-electron chi connectivity index (χ4n) is 6.14. The van der Waals surface area contributed by atoms with Crippen LogP contribution in [0.5, 0.6) is 0 Å². The summed E-state index contributed by atoms with van der Waals surface area (Å²) in [6.45, 7) is 10.8. The second kappa shape index (κ2) is 16.4. The summed E-state index contributed by atoms with van der Waals surface area (Å²) in [4.78, 5) is 9.13. The van der Waals surface area contributed by atoms with E-state index >= 15 is 0 Å². The summed E-state index contributed by atoms with van der Waals surface area (Å²) in [5, 5.41) is 3.79. The van der Waals surface area contributed by atoms with Gasteiger partial charge in [-0.25, -0.2) is 0 Å². The number of rotatable bonds is 7. The molecule has 5 heteroatoms. The number of nitrogens with zero attached hydrogens (tertiary/aromatic N) is 2. The van der Waals surface area contributed by atoms with Crippen molar-refractivity contribution in [1.29, 1.82) is 0 Å². The van der Waals surface area contributed by atoms with E-state index in [1.807, 2.05) is 62.5 Å². The summed E-state index contributed by atoms with van der Waals surface area (Å²) < 4.78 is 19.4. The van der Waals surface area contributed by atoms with Crippen molar-refractivity contribution in [2.45, 2.75) is 39.9 Å². The molecular formula is C47H42IrN2SSi-2. The van der Waals surface area contributed by atoms with Gasteiger partial charge in [0.05, 0.1) is 8.07 Å². The number of aromatic nitrogens is 2. The van der Waals surface area contributed by atoms with Gasteiger partial charge < -0.3 is 9.97 Å². The second-order valence-corrected chi connectivity index (χ2v) is 20.2. The van der Waals surface area contributed by atoms with E-state index < -0.39 is 14.4 Å². The van der Waals surface area contributed by atoms with Crippen LogP contribution in [-0.2, 0) is 26.5 Å². The zero-order chi connectivity index (χ0) is 37.2. The first-order chi connectivity index (χ1) is 25.5. The zero-order valence-corrected chi connectivity index (χ0v) is 34.3. The standard InChI is InChI=1S/C33H26NS.C14H16NSi.Ir/c1-22(2)19-23-17-18-34-31(20-23)30-10-6-9-29-28-16-15-27(21-32(28)35-33(29)30)26-13-11-25(12-14-26)24-7-4-3-5-8-24;1-16(2,3)13-9-10-14(15-11-13)12-7-5-4-6-8-12;/h3-9,11-18,20-22H,19H2,1-2H3;4-7,9-11H,1-3H3;/q2*-1;/i19D2;;. The fourth-order valence-corrected chi connectivity index (χ4v) is 8.42. The average Bonchev–Trinajstić information content (AvgIpc) is 3.57. The molecule has 0 saturated heterocycles. The van der Waals surface area contributed by atoms with Gasteiger partial charge in [0.1, 0.15) is 0 Å². The minimum Gasteiger partial charge on any atom is -0.305 e. The Morgan fingerprint density at radius 2 is 1.38 bits per heavy atom. The van der Waals surface area contributed by atoms with Gasteiger partial charge in [-0.3, -0.25) is 0 Å². The molecule has 8 aromatic rings. The molecule has 1 radical (unpaired) electrons. The van der Waals surface area contributed by atoms with Crippen LogP contribution >= 0.6 is 11.3 Å². The van der Waals surface area contributed by atoms with Crippen molar-refractivity contribution < 1.29 is 22.8 Å². The molecule has 0 unspecified atom stereocenters. The summed E-state index contributed by atoms with van der Waals surface area (Å²) in [7, 11) is -1.23. The van der Waals surface area contributed by atoms with Crippen LogP contribution in [0.4, 0.5) is 0 Å². The van der Waals surface area contributed by atoms with Crippen molar-refractivity contribution in [2.24, 2.45) is 5.92 Å². The summed E-state index contributed by atoms with van der Waals surface area (Å²) >= 11 is 1.75. The Hall–Kier alpha value is -4.51. The van der Waals surface area contributed by atoms with Gasteiger partial charge in [-0.05, 0) is 73.3 Å². The minimum absolute atomic E-state index is 0. The van der Waals surface area contributed by atoms with Crippen LogP contribution < -0.4 is 5.19 Å². The van der Waals surface area contributed by atoms with Crippen molar-refractivity contribution in [3.8, 4) is 44.8 Å². The topological polar surface area (TPSA) is 25.8 Å². The van der Waals surface area contributed by atoms with Gasteiger partial charge in [0.2, 0.25) is 0 Å². The SMILES string of the molecule is C[Si](C)(C)c1ccc(-c2[c-]cccc2)nc1.[2H]C([2H])(c1ccnc(-c2[c-]ccc3c2sc2cc(-c4ccc(-c5ccccc5)cc4)ccc23)c1)C(C)C.[Ir]. The molecular weight excluding hydrogens is 845 g/mol. The van der Waals surface area contributed by atoms with Crippen LogP contribution in [0.1, 0.15) is 22.2 Å². The maximum Gasteiger partial charge on any atom is 0.0795 e. The molecule has 5 aromatic carbocycles. The van der Waals surface area contributed by atoms with Crippen LogP contribution in [0.25, 0.3) is 64.9 Å². The van der Waals surface area contributed by atoms with Crippen molar-refractivity contribution in [3.05, 3.63) is 164 Å². The Kier molecular flexibility index (Phi) is 10.9. The summed E-state index contributed by atoms with van der Waals surface area (Å²) in [6, 6.07) is 52.4. The van der Waals surface area contributed by atoms with E-state index in [9.17, 15) is 0 Å². The van der Waals surface area contributed by atoms with E-state index in [1.165, 1.54) is 42.9 Å². The van der Waals surface area contributed by atoms with Crippen LogP contribution in [0.3, 0.4) is 0 Å². The smallest absolute Gasteiger partial charge is 0.0795 e. The third-order valence-corrected chi connectivity index (χ3v) is 12.1. The van der Waals surface area contributed by atoms with Crippen LogP contribution in [0.2, 0.25) is 19.6 Å². The van der Waals surface area contributed by atoms with E-state index in [1.54, 1.807) is 23.6 Å². The number of fused-ring (bicyclic) bond motifs is 3. The largest absolute Gasteiger partial charge is 0.305 e. The third kappa shape index (κ3) is 8.57. The number of benzene rings is 5. The van der Waals surface area contributed by atoms with E-state index in [4.69, 9.17) is 2.74 Å². The molecule has 3 aromatic heterocycles. The van der Waals surface area contributed by atoms with Gasteiger partial charge in [-0.2, -0.15) is 11.3 Å². The van der Waals surface area contributed by atoms with Crippen molar-refractivity contribution in [1.82, 2.24) is 9.97 Å². The Balaban J connectivity index is 0.000000246. The Morgan fingerprint density at radius 3 is 2.06 bits per heavy atom. The Bertz CT molecular complexity index is 2480. The molecule has 0 spiro atoms. The molecule has 0 fully saturated rings. The number of pyridine rings is 2. The molecule has 2 nitrogen and oxygen atoms in total. The van der Waals surface area contributed by atoms with Crippen LogP contribution in [0.15, 0.2) is 146 Å². The van der Waals surface area contributed by atoms with Gasteiger partial charge in [0.25, 0.3) is 0 Å². The first-order valence-electron chi connectivity index (χ1n) is 18.4. The van der Waals surface area contributed by atoms with Gasteiger partial charge in [-0.15, -0.1) is 59.7 Å². The molecule has 0 N–H and O–H groups in total. The van der Waals surface area contributed by atoms with E-state index in [2.05, 4.69) is 127 Å². The van der Waals surface area contributed by atoms with Crippen molar-refractivity contribution in [3.63, 3.8) is 0 Å². The molecule has 52 heavy (non-hydrogen) atoms. The summed E-state index contributed by atoms with van der Waals surface area (Å²) in [6.07, 6.45) is 2.31. The van der Waals surface area contributed by atoms with Gasteiger partial charge in [0.15, 0.2) is 0 Å². The molecule has 0 amide bonds. The Morgan fingerprint density at radius 1 is 0.673 bits per heavy atom. The van der Waals surface area contributed by atoms with Crippen molar-refractivity contribution >= 4 is 44.8 Å². The van der Waals surface area contributed by atoms with E-state index in [0.29, 0.717) is 5.56 Å². The summed E-state index contributed by atoms with van der Waals surface area (Å²) in [5.41, 5.74) is 9.21. The quantitative estimate of drug-likeness (QED) is 0.118. The van der Waals surface area contributed by atoms with Gasteiger partial charge >= 0.3 is 0 Å². The second-order valence-electron chi connectivity index (χ2n) is 14.0. The van der Waals surface area contributed by atoms with Crippen LogP contribution in [-0.4, -0.2) is 18.0 Å². The number of thiophene rings is 1. The molecule has 0 aliphatic carbocycles. The van der Waals surface area contributed by atoms with E-state index in [-0.39, 0.29) is 26.0 Å².